The van der Waals surface area contributed by atoms with Crippen LogP contribution in [0.25, 0.3) is 11.0 Å². The summed E-state index contributed by atoms with van der Waals surface area (Å²) >= 11 is 0. The largest absolute Gasteiger partial charge is 0.447 e. The molecule has 0 saturated carbocycles. The number of aromatic amines is 1. The lowest BCUT2D eigenvalue weighted by Crippen LogP contribution is -2.30. The van der Waals surface area contributed by atoms with E-state index in [4.69, 9.17) is 4.42 Å². The number of hydrogen-bond donors (Lipinski definition) is 3. The first-order chi connectivity index (χ1) is 12.3. The van der Waals surface area contributed by atoms with Gasteiger partial charge < -0.3 is 20.0 Å². The molecule has 3 N–H and O–H groups in total. The van der Waals surface area contributed by atoms with Gasteiger partial charge in [0.05, 0.1) is 11.0 Å². The Kier molecular flexibility index (Phi) is 4.47. The maximum absolute atomic E-state index is 12.5. The molecular weight excluding hydrogens is 318 g/mol. The van der Waals surface area contributed by atoms with Gasteiger partial charge in [-0.05, 0) is 38.1 Å². The Balaban J connectivity index is 1.37. The van der Waals surface area contributed by atoms with E-state index >= 15 is 0 Å². The van der Waals surface area contributed by atoms with Crippen molar-refractivity contribution in [3.8, 4) is 0 Å². The number of H-pyrrole nitrogens is 1. The predicted octanol–water partition coefficient (Wildman–Crippen LogP) is 1.99. The molecular formula is C18H21N5O2. The first-order valence-electron chi connectivity index (χ1n) is 8.67. The van der Waals surface area contributed by atoms with E-state index in [9.17, 15) is 4.79 Å². The lowest BCUT2D eigenvalue weighted by molar-refractivity contribution is 0.0946. The molecule has 0 atom stereocenters. The van der Waals surface area contributed by atoms with E-state index in [2.05, 4.69) is 25.6 Å². The second-order valence-corrected chi connectivity index (χ2v) is 6.30. The molecule has 3 heterocycles. The minimum Gasteiger partial charge on any atom is -0.447 e. The summed E-state index contributed by atoms with van der Waals surface area (Å²) < 4.78 is 5.51. The summed E-state index contributed by atoms with van der Waals surface area (Å²) in [7, 11) is 0. The molecule has 4 rings (SSSR count). The number of fused-ring (bicyclic) bond motifs is 1. The van der Waals surface area contributed by atoms with Crippen LogP contribution in [0.1, 0.15) is 40.8 Å². The van der Waals surface area contributed by atoms with E-state index in [1.54, 1.807) is 0 Å². The molecule has 0 radical (unpaired) electrons. The summed E-state index contributed by atoms with van der Waals surface area (Å²) in [6.45, 7) is 2.38. The van der Waals surface area contributed by atoms with Gasteiger partial charge in [0.2, 0.25) is 0 Å². The number of nitrogens with zero attached hydrogens (tertiary/aromatic N) is 2. The van der Waals surface area contributed by atoms with Gasteiger partial charge in [0.15, 0.2) is 12.1 Å². The van der Waals surface area contributed by atoms with Crippen LogP contribution in [0.4, 0.5) is 0 Å². The molecule has 0 spiro atoms. The first-order valence-corrected chi connectivity index (χ1v) is 8.67. The number of aromatic nitrogens is 3. The topological polar surface area (TPSA) is 95.8 Å². The van der Waals surface area contributed by atoms with Crippen molar-refractivity contribution in [2.45, 2.75) is 25.2 Å². The maximum atomic E-state index is 12.5. The van der Waals surface area contributed by atoms with Gasteiger partial charge >= 0.3 is 0 Å². The van der Waals surface area contributed by atoms with Gasteiger partial charge in [-0.25, -0.2) is 9.97 Å². The van der Waals surface area contributed by atoms with E-state index < -0.39 is 0 Å². The van der Waals surface area contributed by atoms with Crippen molar-refractivity contribution in [3.05, 3.63) is 47.9 Å². The lowest BCUT2D eigenvalue weighted by Gasteiger charge is -2.20. The molecule has 130 valence electrons. The number of hydrogen-bond acceptors (Lipinski definition) is 5. The second-order valence-electron chi connectivity index (χ2n) is 6.30. The third kappa shape index (κ3) is 3.41. The number of piperidine rings is 1. The summed E-state index contributed by atoms with van der Waals surface area (Å²) in [4.78, 5) is 24.4. The van der Waals surface area contributed by atoms with Crippen molar-refractivity contribution in [1.29, 1.82) is 0 Å². The highest BCUT2D eigenvalue weighted by molar-refractivity contribution is 5.93. The number of imidazole rings is 1. The number of para-hydroxylation sites is 2. The van der Waals surface area contributed by atoms with E-state index in [0.29, 0.717) is 24.4 Å². The Morgan fingerprint density at radius 1 is 1.28 bits per heavy atom. The van der Waals surface area contributed by atoms with Crippen molar-refractivity contribution in [2.75, 3.05) is 19.6 Å². The molecule has 0 aliphatic carbocycles. The third-order valence-corrected chi connectivity index (χ3v) is 4.61. The number of oxazole rings is 1. The van der Waals surface area contributed by atoms with Crippen molar-refractivity contribution in [3.63, 3.8) is 0 Å². The van der Waals surface area contributed by atoms with Crippen LogP contribution in [0, 0.1) is 0 Å². The quantitative estimate of drug-likeness (QED) is 0.661. The number of benzene rings is 1. The highest BCUT2D eigenvalue weighted by Gasteiger charge is 2.25. The number of carbonyl (C=O) groups is 1. The lowest BCUT2D eigenvalue weighted by atomic mass is 9.94. The Morgan fingerprint density at radius 2 is 2.12 bits per heavy atom. The van der Waals surface area contributed by atoms with Gasteiger partial charge in [0, 0.05) is 18.9 Å². The Hall–Kier alpha value is -2.67. The highest BCUT2D eigenvalue weighted by Crippen LogP contribution is 2.27. The second kappa shape index (κ2) is 7.06. The van der Waals surface area contributed by atoms with Crippen LogP contribution in [0.5, 0.6) is 0 Å². The minimum absolute atomic E-state index is 0.182. The van der Waals surface area contributed by atoms with Crippen LogP contribution in [0.2, 0.25) is 0 Å². The third-order valence-electron chi connectivity index (χ3n) is 4.61. The Bertz CT molecular complexity index is 830. The van der Waals surface area contributed by atoms with E-state index in [-0.39, 0.29) is 11.8 Å². The Labute approximate surface area is 145 Å². The first kappa shape index (κ1) is 15.8. The van der Waals surface area contributed by atoms with Crippen LogP contribution in [0.15, 0.2) is 35.1 Å². The molecule has 1 aliphatic rings. The summed E-state index contributed by atoms with van der Waals surface area (Å²) in [5.74, 6) is 1.65. The van der Waals surface area contributed by atoms with Crippen LogP contribution in [-0.2, 0) is 6.42 Å². The van der Waals surface area contributed by atoms with Gasteiger partial charge in [-0.3, -0.25) is 4.79 Å². The SMILES string of the molecule is O=C(NCCc1nc2ccccc2[nH]1)c1ncoc1C1CCNCC1. The molecule has 7 nitrogen and oxygen atoms in total. The van der Waals surface area contributed by atoms with Gasteiger partial charge in [0.25, 0.3) is 5.91 Å². The monoisotopic (exact) mass is 339 g/mol. The van der Waals surface area contributed by atoms with E-state index in [0.717, 1.165) is 42.8 Å². The van der Waals surface area contributed by atoms with Crippen molar-refractivity contribution >= 4 is 16.9 Å². The average Bonchev–Trinajstić information content (AvgIpc) is 3.29. The summed E-state index contributed by atoms with van der Waals surface area (Å²) in [5.41, 5.74) is 2.36. The fourth-order valence-electron chi connectivity index (χ4n) is 3.30. The molecule has 0 bridgehead atoms. The fraction of sp³-hybridized carbons (Fsp3) is 0.389. The highest BCUT2D eigenvalue weighted by atomic mass is 16.3. The van der Waals surface area contributed by atoms with Crippen LogP contribution in [0.3, 0.4) is 0 Å². The molecule has 25 heavy (non-hydrogen) atoms. The zero-order chi connectivity index (χ0) is 17.1. The van der Waals surface area contributed by atoms with Crippen LogP contribution < -0.4 is 10.6 Å². The molecule has 1 amide bonds. The van der Waals surface area contributed by atoms with Gasteiger partial charge in [-0.1, -0.05) is 12.1 Å². The summed E-state index contributed by atoms with van der Waals surface area (Å²) in [6, 6.07) is 7.89. The zero-order valence-corrected chi connectivity index (χ0v) is 13.9. The number of nitrogens with one attached hydrogen (secondary N) is 3. The van der Waals surface area contributed by atoms with Crippen LogP contribution in [-0.4, -0.2) is 40.5 Å². The molecule has 1 saturated heterocycles. The molecule has 1 fully saturated rings. The molecule has 2 aromatic heterocycles. The van der Waals surface area contributed by atoms with E-state index in [1.165, 1.54) is 6.39 Å². The van der Waals surface area contributed by atoms with Gasteiger partial charge in [-0.15, -0.1) is 0 Å². The minimum atomic E-state index is -0.182. The maximum Gasteiger partial charge on any atom is 0.273 e. The van der Waals surface area contributed by atoms with Gasteiger partial charge in [0.1, 0.15) is 11.6 Å². The summed E-state index contributed by atoms with van der Waals surface area (Å²) in [5, 5.41) is 6.24. The van der Waals surface area contributed by atoms with Crippen molar-refractivity contribution in [2.24, 2.45) is 0 Å². The average molecular weight is 339 g/mol. The zero-order valence-electron chi connectivity index (χ0n) is 13.9. The Morgan fingerprint density at radius 3 is 2.96 bits per heavy atom. The number of rotatable bonds is 5. The normalized spacial score (nSPS) is 15.5. The fourth-order valence-corrected chi connectivity index (χ4v) is 3.30. The van der Waals surface area contributed by atoms with E-state index in [1.807, 2.05) is 24.3 Å². The summed E-state index contributed by atoms with van der Waals surface area (Å²) in [6.07, 6.45) is 3.94. The molecule has 1 aliphatic heterocycles. The van der Waals surface area contributed by atoms with Crippen molar-refractivity contribution in [1.82, 2.24) is 25.6 Å². The predicted molar refractivity (Wildman–Crippen MR) is 93.5 cm³/mol. The van der Waals surface area contributed by atoms with Gasteiger partial charge in [-0.2, -0.15) is 0 Å². The number of carbonyl (C=O) groups excluding carboxylic acids is 1. The standard InChI is InChI=1S/C18H21N5O2/c24-18(16-17(25-11-21-16)12-5-8-19-9-6-12)20-10-7-15-22-13-3-1-2-4-14(13)23-15/h1-4,11-12,19H,5-10H2,(H,20,24)(H,22,23). The molecule has 1 aromatic carbocycles. The smallest absolute Gasteiger partial charge is 0.273 e. The molecule has 3 aromatic rings. The molecule has 0 unspecified atom stereocenters. The van der Waals surface area contributed by atoms with Crippen LogP contribution >= 0.6 is 0 Å². The van der Waals surface area contributed by atoms with Crippen molar-refractivity contribution < 1.29 is 9.21 Å². The molecule has 7 heteroatoms. The number of amides is 1.